The van der Waals surface area contributed by atoms with Crippen LogP contribution in [-0.4, -0.2) is 93.8 Å². The number of Topliss-reactive ketones (excluding diaryl/α,β-unsaturated/α-hetero) is 2. The molecule has 0 bridgehead atoms. The van der Waals surface area contributed by atoms with Crippen molar-refractivity contribution in [3.05, 3.63) is 39.7 Å². The smallest absolute Gasteiger partial charge is 0.402 e. The van der Waals surface area contributed by atoms with Crippen molar-refractivity contribution in [2.24, 2.45) is 29.2 Å². The zero-order valence-electron chi connectivity index (χ0n) is 24.3. The maximum Gasteiger partial charge on any atom is 0.402 e. The molecule has 0 spiro atoms. The number of aliphatic hydroxyl groups excluding tert-OH is 2. The third-order valence-corrected chi connectivity index (χ3v) is 7.89. The molecule has 3 aliphatic carbocycles. The second kappa shape index (κ2) is 12.2. The number of fused-ring (bicyclic) bond motifs is 3. The number of nitrogens with zero attached hydrogens (tertiary/aromatic N) is 2. The van der Waals surface area contributed by atoms with E-state index in [0.29, 0.717) is 17.5 Å². The molecule has 0 aromatic heterocycles. The number of phenolic OH excluding ortho intramolecular Hbond substituents is 1. The number of benzene rings is 1. The van der Waals surface area contributed by atoms with E-state index in [-0.39, 0.29) is 48.1 Å². The third-order valence-electron chi connectivity index (χ3n) is 7.89. The lowest BCUT2D eigenvalue weighted by Crippen LogP contribution is -2.65. The molecule has 2 amide bonds. The predicted molar refractivity (Wildman–Crippen MR) is 157 cm³/mol. The van der Waals surface area contributed by atoms with Crippen LogP contribution in [-0.2, 0) is 27.2 Å². The van der Waals surface area contributed by atoms with Gasteiger partial charge >= 0.3 is 6.09 Å². The first-order chi connectivity index (χ1) is 18.9. The Morgan fingerprint density at radius 3 is 2.10 bits per heavy atom. The van der Waals surface area contributed by atoms with Crippen molar-refractivity contribution >= 4 is 47.4 Å². The highest BCUT2D eigenvalue weighted by Gasteiger charge is 2.64. The molecule has 0 radical (unpaired) electrons. The van der Waals surface area contributed by atoms with Crippen LogP contribution < -0.4 is 16.4 Å². The number of phenols is 1. The molecule has 1 saturated carbocycles. The topological polar surface area (TPSA) is 228 Å². The van der Waals surface area contributed by atoms with Crippen LogP contribution in [0.15, 0.2) is 23.0 Å². The Kier molecular flexibility index (Phi) is 9.99. The summed E-state index contributed by atoms with van der Waals surface area (Å²) in [4.78, 5) is 51.4. The summed E-state index contributed by atoms with van der Waals surface area (Å²) >= 11 is 0. The number of primary amides is 2. The lowest BCUT2D eigenvalue weighted by molar-refractivity contribution is -0.153. The van der Waals surface area contributed by atoms with E-state index in [1.165, 1.54) is 4.90 Å². The summed E-state index contributed by atoms with van der Waals surface area (Å²) in [5.74, 6) is -6.21. The molecular weight excluding hydrogens is 572 g/mol. The fraction of sp³-hybridized carbons (Fsp3) is 0.500. The average molecular weight is 611 g/mol. The molecule has 232 valence electrons. The lowest BCUT2D eigenvalue weighted by atomic mass is 9.57. The van der Waals surface area contributed by atoms with Crippen LogP contribution in [0.4, 0.5) is 10.5 Å². The molecule has 9 N–H and O–H groups in total. The fourth-order valence-electron chi connectivity index (χ4n) is 6.34. The molecule has 1 fully saturated rings. The van der Waals surface area contributed by atoms with E-state index in [2.05, 4.69) is 5.73 Å². The summed E-state index contributed by atoms with van der Waals surface area (Å²) in [5, 5.41) is 52.5. The van der Waals surface area contributed by atoms with Gasteiger partial charge in [0.1, 0.15) is 22.8 Å². The molecular formula is C28H39ClN4O9. The first kappa shape index (κ1) is 34.4. The highest BCUT2D eigenvalue weighted by molar-refractivity contribution is 6.24. The van der Waals surface area contributed by atoms with Gasteiger partial charge in [0.25, 0.3) is 5.91 Å². The number of nitrogens with two attached hydrogens (primary N) is 2. The SMILES string of the molecule is CC(C)Cc1cc(N(C)C)c2c(c1O)C(O)=C1C(=O)[C@]3(O)C(O)=C(C(N)=O)C(=O)[C@@H](N(C)C)[C@@H]3C[C@@H]1C2.Cl.NC(=O)O. The summed E-state index contributed by atoms with van der Waals surface area (Å²) in [5.41, 5.74) is 7.95. The van der Waals surface area contributed by atoms with Crippen molar-refractivity contribution in [3.63, 3.8) is 0 Å². The van der Waals surface area contributed by atoms with Gasteiger partial charge in [0, 0.05) is 31.3 Å². The van der Waals surface area contributed by atoms with Crippen LogP contribution in [0.2, 0.25) is 0 Å². The summed E-state index contributed by atoms with van der Waals surface area (Å²) in [6.07, 6.45) is -0.477. The zero-order valence-corrected chi connectivity index (χ0v) is 25.2. The Bertz CT molecular complexity index is 1380. The Morgan fingerprint density at radius 1 is 1.10 bits per heavy atom. The van der Waals surface area contributed by atoms with Gasteiger partial charge in [-0.15, -0.1) is 12.4 Å². The van der Waals surface area contributed by atoms with Crippen molar-refractivity contribution in [2.45, 2.75) is 44.8 Å². The number of hydrogen-bond acceptors (Lipinski definition) is 10. The summed E-state index contributed by atoms with van der Waals surface area (Å²) < 4.78 is 0. The largest absolute Gasteiger partial charge is 0.508 e. The van der Waals surface area contributed by atoms with E-state index in [1.807, 2.05) is 38.9 Å². The first-order valence-electron chi connectivity index (χ1n) is 13.1. The Hall–Kier alpha value is -3.81. The fourth-order valence-corrected chi connectivity index (χ4v) is 6.34. The minimum atomic E-state index is -2.64. The standard InChI is InChI=1S/C27H35N3O7.CH3NO2.ClH/c1-11(2)7-13-10-16(29(3)4)14-8-12-9-15-20(30(5)6)23(33)19(26(28)36)25(35)27(15,37)24(34)17(12)22(32)18(14)21(13)31;2-1(3)4;/h10-12,15,20,31-32,35,37H,7-9H2,1-6H3,(H2,28,36);2H2,(H,3,4);1H/t12-,15-,20-,27-;;/m0../s1. The van der Waals surface area contributed by atoms with Crippen molar-refractivity contribution in [1.82, 2.24) is 4.90 Å². The van der Waals surface area contributed by atoms with Crippen LogP contribution in [0.25, 0.3) is 5.76 Å². The Labute approximate surface area is 249 Å². The van der Waals surface area contributed by atoms with Gasteiger partial charge in [-0.3, -0.25) is 19.3 Å². The van der Waals surface area contributed by atoms with E-state index in [1.54, 1.807) is 14.1 Å². The normalized spacial score (nSPS) is 24.7. The molecule has 0 saturated heterocycles. The maximum atomic E-state index is 13.9. The summed E-state index contributed by atoms with van der Waals surface area (Å²) in [6, 6.07) is 0.779. The minimum absolute atomic E-state index is 0. The monoisotopic (exact) mass is 610 g/mol. The van der Waals surface area contributed by atoms with Gasteiger partial charge in [0.05, 0.1) is 11.6 Å². The molecule has 0 aliphatic heterocycles. The number of aromatic hydroxyl groups is 1. The van der Waals surface area contributed by atoms with E-state index < -0.39 is 64.1 Å². The average Bonchev–Trinajstić information content (AvgIpc) is 2.81. The molecule has 13 nitrogen and oxygen atoms in total. The number of amides is 2. The highest BCUT2D eigenvalue weighted by Crippen LogP contribution is 2.54. The second-order valence-corrected chi connectivity index (χ2v) is 11.5. The second-order valence-electron chi connectivity index (χ2n) is 11.5. The molecule has 1 aromatic rings. The molecule has 14 heteroatoms. The first-order valence-corrected chi connectivity index (χ1v) is 13.1. The van der Waals surface area contributed by atoms with Crippen LogP contribution >= 0.6 is 12.4 Å². The van der Waals surface area contributed by atoms with Gasteiger partial charge in [0.2, 0.25) is 5.78 Å². The lowest BCUT2D eigenvalue weighted by Gasteiger charge is -2.50. The van der Waals surface area contributed by atoms with Gasteiger partial charge < -0.3 is 41.9 Å². The van der Waals surface area contributed by atoms with E-state index >= 15 is 0 Å². The van der Waals surface area contributed by atoms with Crippen LogP contribution in [0, 0.1) is 17.8 Å². The molecule has 1 aromatic carbocycles. The van der Waals surface area contributed by atoms with Crippen LogP contribution in [0.5, 0.6) is 5.75 Å². The van der Waals surface area contributed by atoms with Crippen LogP contribution in [0.1, 0.15) is 37.0 Å². The Balaban J connectivity index is 0.00000116. The molecule has 0 unspecified atom stereocenters. The van der Waals surface area contributed by atoms with Crippen molar-refractivity contribution in [1.29, 1.82) is 0 Å². The molecule has 4 rings (SSSR count). The third kappa shape index (κ3) is 5.51. The predicted octanol–water partition coefficient (Wildman–Crippen LogP) is 1.27. The number of hydrogen-bond donors (Lipinski definition) is 7. The van der Waals surface area contributed by atoms with Gasteiger partial charge in [-0.25, -0.2) is 4.79 Å². The number of carbonyl (C=O) groups excluding carboxylic acids is 3. The van der Waals surface area contributed by atoms with Crippen molar-refractivity contribution in [3.8, 4) is 5.75 Å². The molecule has 4 atom stereocenters. The van der Waals surface area contributed by atoms with Gasteiger partial charge in [-0.1, -0.05) is 13.8 Å². The van der Waals surface area contributed by atoms with E-state index in [0.717, 1.165) is 5.69 Å². The van der Waals surface area contributed by atoms with Gasteiger partial charge in [-0.05, 0) is 62.4 Å². The maximum absolute atomic E-state index is 13.9. The Morgan fingerprint density at radius 2 is 1.64 bits per heavy atom. The van der Waals surface area contributed by atoms with Gasteiger partial charge in [-0.2, -0.15) is 0 Å². The summed E-state index contributed by atoms with van der Waals surface area (Å²) in [6.45, 7) is 4.00. The molecule has 42 heavy (non-hydrogen) atoms. The quantitative estimate of drug-likeness (QED) is 0.235. The van der Waals surface area contributed by atoms with E-state index in [9.17, 15) is 34.8 Å². The van der Waals surface area contributed by atoms with Crippen molar-refractivity contribution in [2.75, 3.05) is 33.1 Å². The van der Waals surface area contributed by atoms with E-state index in [4.69, 9.17) is 15.6 Å². The number of likely N-dealkylation sites (N-methyl/N-ethyl adjacent to an activating group) is 1. The minimum Gasteiger partial charge on any atom is -0.508 e. The summed E-state index contributed by atoms with van der Waals surface area (Å²) in [7, 11) is 6.85. The van der Waals surface area contributed by atoms with Crippen LogP contribution in [0.3, 0.4) is 0 Å². The number of anilines is 1. The number of rotatable bonds is 5. The zero-order chi connectivity index (χ0) is 31.3. The molecule has 0 heterocycles. The number of ketones is 2. The molecule has 3 aliphatic rings. The number of halogens is 1. The number of aliphatic hydroxyl groups is 3. The highest BCUT2D eigenvalue weighted by atomic mass is 35.5. The number of carboxylic acid groups (broad SMARTS) is 1. The van der Waals surface area contributed by atoms with Gasteiger partial charge in [0.15, 0.2) is 11.4 Å². The van der Waals surface area contributed by atoms with Crippen molar-refractivity contribution < 1.29 is 44.7 Å². The number of carbonyl (C=O) groups is 4.